The Hall–Kier alpha value is -3.01. The van der Waals surface area contributed by atoms with Gasteiger partial charge in [0.15, 0.2) is 0 Å². The highest BCUT2D eigenvalue weighted by molar-refractivity contribution is 5.98. The lowest BCUT2D eigenvalue weighted by molar-refractivity contribution is -0.152. The van der Waals surface area contributed by atoms with Gasteiger partial charge in [-0.3, -0.25) is 24.1 Å². The molecule has 1 spiro atoms. The van der Waals surface area contributed by atoms with Crippen molar-refractivity contribution in [2.24, 2.45) is 11.3 Å². The van der Waals surface area contributed by atoms with E-state index in [0.717, 1.165) is 0 Å². The zero-order valence-corrected chi connectivity index (χ0v) is 23.4. The summed E-state index contributed by atoms with van der Waals surface area (Å²) < 4.78 is 25.0. The topological polar surface area (TPSA) is 96.5 Å². The number of rotatable bonds is 5. The normalized spacial score (nSPS) is 21.8. The van der Waals surface area contributed by atoms with Crippen molar-refractivity contribution in [2.75, 3.05) is 39.4 Å². The Morgan fingerprint density at radius 2 is 1.62 bits per heavy atom. The fraction of sp³-hybridized carbons (Fsp3) is 0.655. The smallest absolute Gasteiger partial charge is 0.309 e. The average Bonchev–Trinajstić information content (AvgIpc) is 3.26. The number of hydrogen-bond donors (Lipinski definition) is 0. The third-order valence-corrected chi connectivity index (χ3v) is 7.86. The van der Waals surface area contributed by atoms with Crippen molar-refractivity contribution in [1.29, 1.82) is 0 Å². The SMILES string of the molecule is CCOC(=O)C1CCN(C(=O)C2COC3(CCN(C(=O)CC(C)(C)C)CC3)N2C(=O)c2ccc(F)cc2)CC1. The molecule has 3 heterocycles. The summed E-state index contributed by atoms with van der Waals surface area (Å²) >= 11 is 0. The molecule has 3 amide bonds. The van der Waals surface area contributed by atoms with Crippen LogP contribution in [-0.2, 0) is 23.9 Å². The van der Waals surface area contributed by atoms with E-state index in [4.69, 9.17) is 9.47 Å². The number of likely N-dealkylation sites (tertiary alicyclic amines) is 2. The summed E-state index contributed by atoms with van der Waals surface area (Å²) in [6.07, 6.45) is 2.18. The molecule has 0 radical (unpaired) electrons. The van der Waals surface area contributed by atoms with E-state index in [1.54, 1.807) is 16.7 Å². The van der Waals surface area contributed by atoms with Crippen LogP contribution in [-0.4, -0.2) is 89.6 Å². The van der Waals surface area contributed by atoms with Gasteiger partial charge >= 0.3 is 5.97 Å². The molecule has 214 valence electrons. The van der Waals surface area contributed by atoms with Gasteiger partial charge in [-0.25, -0.2) is 4.39 Å². The number of carbonyl (C=O) groups is 4. The Balaban J connectivity index is 1.52. The molecule has 3 aliphatic rings. The van der Waals surface area contributed by atoms with Gasteiger partial charge in [-0.05, 0) is 49.4 Å². The van der Waals surface area contributed by atoms with Crippen molar-refractivity contribution in [1.82, 2.24) is 14.7 Å². The maximum absolute atomic E-state index is 13.9. The van der Waals surface area contributed by atoms with Crippen molar-refractivity contribution in [3.63, 3.8) is 0 Å². The molecule has 39 heavy (non-hydrogen) atoms. The van der Waals surface area contributed by atoms with Crippen LogP contribution in [0.4, 0.5) is 4.39 Å². The van der Waals surface area contributed by atoms with Crippen LogP contribution in [0, 0.1) is 17.2 Å². The molecule has 0 bridgehead atoms. The quantitative estimate of drug-likeness (QED) is 0.528. The zero-order valence-electron chi connectivity index (χ0n) is 23.4. The average molecular weight is 546 g/mol. The number of benzene rings is 1. The molecule has 1 atom stereocenters. The summed E-state index contributed by atoms with van der Waals surface area (Å²) in [6.45, 7) is 9.78. The fourth-order valence-electron chi connectivity index (χ4n) is 5.76. The highest BCUT2D eigenvalue weighted by atomic mass is 19.1. The molecule has 3 saturated heterocycles. The van der Waals surface area contributed by atoms with Crippen LogP contribution in [0.5, 0.6) is 0 Å². The van der Waals surface area contributed by atoms with Crippen molar-refractivity contribution >= 4 is 23.7 Å². The molecule has 3 fully saturated rings. The first-order valence-corrected chi connectivity index (χ1v) is 13.9. The third-order valence-electron chi connectivity index (χ3n) is 7.86. The van der Waals surface area contributed by atoms with Crippen LogP contribution in [0.15, 0.2) is 24.3 Å². The van der Waals surface area contributed by atoms with Crippen molar-refractivity contribution in [3.05, 3.63) is 35.6 Å². The second-order valence-electron chi connectivity index (χ2n) is 11.9. The van der Waals surface area contributed by atoms with E-state index in [-0.39, 0.29) is 41.3 Å². The highest BCUT2D eigenvalue weighted by Crippen LogP contribution is 2.40. The van der Waals surface area contributed by atoms with Crippen LogP contribution < -0.4 is 0 Å². The Kier molecular flexibility index (Phi) is 8.63. The molecule has 0 N–H and O–H groups in total. The molecule has 1 aromatic rings. The van der Waals surface area contributed by atoms with E-state index >= 15 is 0 Å². The largest absolute Gasteiger partial charge is 0.466 e. The van der Waals surface area contributed by atoms with Gasteiger partial charge in [0.25, 0.3) is 5.91 Å². The molecule has 0 aromatic heterocycles. The van der Waals surface area contributed by atoms with Gasteiger partial charge in [-0.15, -0.1) is 0 Å². The van der Waals surface area contributed by atoms with Crippen LogP contribution in [0.1, 0.15) is 70.2 Å². The first kappa shape index (κ1) is 29.0. The molecular weight excluding hydrogens is 505 g/mol. The molecule has 1 aromatic carbocycles. The van der Waals surface area contributed by atoms with E-state index in [0.29, 0.717) is 64.9 Å². The van der Waals surface area contributed by atoms with Gasteiger partial charge in [-0.1, -0.05) is 20.8 Å². The van der Waals surface area contributed by atoms with Crippen LogP contribution in [0.25, 0.3) is 0 Å². The van der Waals surface area contributed by atoms with Gasteiger partial charge in [0.05, 0.1) is 19.1 Å². The van der Waals surface area contributed by atoms with Crippen molar-refractivity contribution in [2.45, 2.75) is 71.6 Å². The van der Waals surface area contributed by atoms with Crippen molar-refractivity contribution in [3.8, 4) is 0 Å². The molecule has 9 nitrogen and oxygen atoms in total. The summed E-state index contributed by atoms with van der Waals surface area (Å²) in [5.74, 6) is -1.51. The standard InChI is InChI=1S/C29H40FN3O6/c1-5-38-27(37)21-10-14-32(15-11-21)26(36)23-19-39-29(33(23)25(35)20-6-8-22(30)9-7-20)12-16-31(17-13-29)24(34)18-28(2,3)4/h6-9,21,23H,5,10-19H2,1-4H3. The maximum Gasteiger partial charge on any atom is 0.309 e. The second-order valence-corrected chi connectivity index (χ2v) is 11.9. The summed E-state index contributed by atoms with van der Waals surface area (Å²) in [7, 11) is 0. The van der Waals surface area contributed by atoms with Crippen LogP contribution >= 0.6 is 0 Å². The van der Waals surface area contributed by atoms with Gasteiger partial charge in [0.2, 0.25) is 11.8 Å². The Morgan fingerprint density at radius 3 is 2.18 bits per heavy atom. The molecular formula is C29H40FN3O6. The predicted octanol–water partition coefficient (Wildman–Crippen LogP) is 3.22. The van der Waals surface area contributed by atoms with Gasteiger partial charge in [0.1, 0.15) is 17.6 Å². The monoisotopic (exact) mass is 545 g/mol. The van der Waals surface area contributed by atoms with E-state index in [9.17, 15) is 23.6 Å². The first-order chi connectivity index (χ1) is 18.4. The summed E-state index contributed by atoms with van der Waals surface area (Å²) in [4.78, 5) is 57.7. The molecule has 0 saturated carbocycles. The Bertz CT molecular complexity index is 1070. The maximum atomic E-state index is 13.9. The summed E-state index contributed by atoms with van der Waals surface area (Å²) in [5.41, 5.74) is -0.904. The predicted molar refractivity (Wildman–Crippen MR) is 141 cm³/mol. The second kappa shape index (κ2) is 11.6. The van der Waals surface area contributed by atoms with Gasteiger partial charge < -0.3 is 19.3 Å². The number of hydrogen-bond acceptors (Lipinski definition) is 6. The lowest BCUT2D eigenvalue weighted by atomic mass is 9.90. The van der Waals surface area contributed by atoms with Gasteiger partial charge in [-0.2, -0.15) is 0 Å². The van der Waals surface area contributed by atoms with Crippen LogP contribution in [0.2, 0.25) is 0 Å². The number of amides is 3. The number of nitrogens with zero attached hydrogens (tertiary/aromatic N) is 3. The molecule has 10 heteroatoms. The number of esters is 1. The highest BCUT2D eigenvalue weighted by Gasteiger charge is 2.55. The molecule has 3 aliphatic heterocycles. The van der Waals surface area contributed by atoms with E-state index in [1.165, 1.54) is 29.2 Å². The number of halogens is 1. The summed E-state index contributed by atoms with van der Waals surface area (Å²) in [5, 5.41) is 0. The zero-order chi connectivity index (χ0) is 28.4. The first-order valence-electron chi connectivity index (χ1n) is 13.9. The lowest BCUT2D eigenvalue weighted by Gasteiger charge is -2.45. The Morgan fingerprint density at radius 1 is 1.00 bits per heavy atom. The van der Waals surface area contributed by atoms with E-state index < -0.39 is 23.5 Å². The lowest BCUT2D eigenvalue weighted by Crippen LogP contribution is -2.60. The minimum absolute atomic E-state index is 0.0412. The van der Waals surface area contributed by atoms with Crippen LogP contribution in [0.3, 0.4) is 0 Å². The van der Waals surface area contributed by atoms with Gasteiger partial charge in [0, 0.05) is 51.0 Å². The number of ether oxygens (including phenoxy) is 2. The Labute approximate surface area is 229 Å². The fourth-order valence-corrected chi connectivity index (χ4v) is 5.76. The third kappa shape index (κ3) is 6.42. The summed E-state index contributed by atoms with van der Waals surface area (Å²) in [6, 6.07) is 4.43. The molecule has 0 aliphatic carbocycles. The molecule has 4 rings (SSSR count). The number of carbonyl (C=O) groups excluding carboxylic acids is 4. The minimum atomic E-state index is -1.03. The van der Waals surface area contributed by atoms with E-state index in [2.05, 4.69) is 0 Å². The number of piperidine rings is 2. The molecule has 1 unspecified atom stereocenters. The van der Waals surface area contributed by atoms with Crippen molar-refractivity contribution < 1.29 is 33.0 Å². The minimum Gasteiger partial charge on any atom is -0.466 e. The van der Waals surface area contributed by atoms with E-state index in [1.807, 2.05) is 20.8 Å².